The molecule has 148 valence electrons. The zero-order chi connectivity index (χ0) is 19.3. The molecule has 2 fully saturated rings. The van der Waals surface area contributed by atoms with Gasteiger partial charge in [-0.2, -0.15) is 0 Å². The molecule has 2 aliphatic rings. The van der Waals surface area contributed by atoms with Crippen LogP contribution >= 0.6 is 15.9 Å². The number of benzene rings is 1. The first kappa shape index (κ1) is 20.2. The van der Waals surface area contributed by atoms with Gasteiger partial charge in [0.25, 0.3) is 0 Å². The molecule has 1 saturated heterocycles. The molecule has 6 heteroatoms. The number of nitrogens with one attached hydrogen (secondary N) is 2. The maximum atomic E-state index is 12.0. The van der Waals surface area contributed by atoms with Crippen LogP contribution in [0.3, 0.4) is 0 Å². The zero-order valence-corrected chi connectivity index (χ0v) is 18.0. The van der Waals surface area contributed by atoms with Gasteiger partial charge in [0, 0.05) is 49.0 Å². The highest BCUT2D eigenvalue weighted by Gasteiger charge is 2.44. The molecule has 27 heavy (non-hydrogen) atoms. The minimum absolute atomic E-state index is 0.231. The van der Waals surface area contributed by atoms with Crippen LogP contribution in [-0.2, 0) is 10.2 Å². The number of carbonyl (C=O) groups excluding carboxylic acids is 1. The van der Waals surface area contributed by atoms with Crippen molar-refractivity contribution < 1.29 is 4.79 Å². The second-order valence-corrected chi connectivity index (χ2v) is 8.60. The molecule has 0 radical (unpaired) electrons. The lowest BCUT2D eigenvalue weighted by molar-refractivity contribution is -0.129. The number of halogens is 1. The fourth-order valence-electron chi connectivity index (χ4n) is 4.00. The molecule has 0 aromatic heterocycles. The topological polar surface area (TPSA) is 56.7 Å². The number of nitrogens with zero attached hydrogens (tertiary/aromatic N) is 2. The van der Waals surface area contributed by atoms with Crippen molar-refractivity contribution >= 4 is 27.8 Å². The Morgan fingerprint density at radius 1 is 1.37 bits per heavy atom. The summed E-state index contributed by atoms with van der Waals surface area (Å²) in [5.74, 6) is 1.16. The SMILES string of the molecule is CCC(CCNC(=NC)NCC1(c2cccc(Br)c2)CC1)N1CCCC1=O. The summed E-state index contributed by atoms with van der Waals surface area (Å²) in [5.41, 5.74) is 1.62. The van der Waals surface area contributed by atoms with E-state index in [0.717, 1.165) is 49.3 Å². The summed E-state index contributed by atoms with van der Waals surface area (Å²) in [7, 11) is 1.81. The Balaban J connectivity index is 1.46. The Kier molecular flexibility index (Phi) is 6.79. The van der Waals surface area contributed by atoms with E-state index in [1.54, 1.807) is 0 Å². The molecule has 1 aromatic rings. The van der Waals surface area contributed by atoms with Crippen molar-refractivity contribution in [3.63, 3.8) is 0 Å². The first-order valence-electron chi connectivity index (χ1n) is 10.1. The fraction of sp³-hybridized carbons (Fsp3) is 0.619. The molecule has 1 atom stereocenters. The lowest BCUT2D eigenvalue weighted by Gasteiger charge is -2.27. The maximum absolute atomic E-state index is 12.0. The van der Waals surface area contributed by atoms with E-state index in [2.05, 4.69) is 67.6 Å². The Morgan fingerprint density at radius 3 is 2.78 bits per heavy atom. The average Bonchev–Trinajstić information content (AvgIpc) is 3.36. The number of hydrogen-bond donors (Lipinski definition) is 2. The summed E-state index contributed by atoms with van der Waals surface area (Å²) >= 11 is 3.58. The van der Waals surface area contributed by atoms with Gasteiger partial charge in [0.05, 0.1) is 0 Å². The maximum Gasteiger partial charge on any atom is 0.222 e. The summed E-state index contributed by atoms with van der Waals surface area (Å²) in [6.07, 6.45) is 6.10. The highest BCUT2D eigenvalue weighted by Crippen LogP contribution is 2.48. The van der Waals surface area contributed by atoms with Crippen LogP contribution in [0.5, 0.6) is 0 Å². The van der Waals surface area contributed by atoms with Crippen molar-refractivity contribution in [2.75, 3.05) is 26.7 Å². The monoisotopic (exact) mass is 434 g/mol. The van der Waals surface area contributed by atoms with Gasteiger partial charge in [-0.25, -0.2) is 0 Å². The summed E-state index contributed by atoms with van der Waals surface area (Å²) in [4.78, 5) is 18.4. The van der Waals surface area contributed by atoms with Gasteiger partial charge in [0.15, 0.2) is 5.96 Å². The van der Waals surface area contributed by atoms with Gasteiger partial charge in [0.2, 0.25) is 5.91 Å². The number of hydrogen-bond acceptors (Lipinski definition) is 2. The van der Waals surface area contributed by atoms with Crippen molar-refractivity contribution in [1.29, 1.82) is 0 Å². The summed E-state index contributed by atoms with van der Waals surface area (Å²) in [6.45, 7) is 4.80. The van der Waals surface area contributed by atoms with Crippen molar-refractivity contribution in [1.82, 2.24) is 15.5 Å². The van der Waals surface area contributed by atoms with Crippen LogP contribution < -0.4 is 10.6 Å². The number of guanidine groups is 1. The number of rotatable bonds is 8. The quantitative estimate of drug-likeness (QED) is 0.486. The second-order valence-electron chi connectivity index (χ2n) is 7.68. The molecular weight excluding hydrogens is 404 g/mol. The van der Waals surface area contributed by atoms with Crippen molar-refractivity contribution in [2.45, 2.75) is 56.9 Å². The molecule has 3 rings (SSSR count). The number of amides is 1. The predicted molar refractivity (Wildman–Crippen MR) is 114 cm³/mol. The van der Waals surface area contributed by atoms with Crippen LogP contribution in [0.15, 0.2) is 33.7 Å². The fourth-order valence-corrected chi connectivity index (χ4v) is 4.40. The Labute approximate surface area is 171 Å². The van der Waals surface area contributed by atoms with Crippen LogP contribution in [0.25, 0.3) is 0 Å². The Hall–Kier alpha value is -1.56. The third-order valence-corrected chi connectivity index (χ3v) is 6.39. The van der Waals surface area contributed by atoms with Crippen molar-refractivity contribution in [2.24, 2.45) is 4.99 Å². The van der Waals surface area contributed by atoms with E-state index < -0.39 is 0 Å². The molecule has 0 bridgehead atoms. The Morgan fingerprint density at radius 2 is 2.19 bits per heavy atom. The van der Waals surface area contributed by atoms with E-state index in [1.165, 1.54) is 18.4 Å². The number of aliphatic imine (C=N–C) groups is 1. The molecule has 1 unspecified atom stereocenters. The van der Waals surface area contributed by atoms with Gasteiger partial charge >= 0.3 is 0 Å². The number of likely N-dealkylation sites (tertiary alicyclic amines) is 1. The molecule has 1 amide bonds. The normalized spacial score (nSPS) is 19.9. The molecule has 1 aliphatic heterocycles. The van der Waals surface area contributed by atoms with Crippen LogP contribution in [0.4, 0.5) is 0 Å². The van der Waals surface area contributed by atoms with Crippen LogP contribution in [0.1, 0.15) is 51.0 Å². The summed E-state index contributed by atoms with van der Waals surface area (Å²) in [5, 5.41) is 6.93. The van der Waals surface area contributed by atoms with Crippen molar-refractivity contribution in [3.05, 3.63) is 34.3 Å². The molecule has 1 saturated carbocycles. The molecular formula is C21H31BrN4O. The van der Waals surface area contributed by atoms with E-state index in [4.69, 9.17) is 0 Å². The van der Waals surface area contributed by atoms with E-state index in [0.29, 0.717) is 18.4 Å². The van der Waals surface area contributed by atoms with Gasteiger partial charge in [-0.3, -0.25) is 9.79 Å². The van der Waals surface area contributed by atoms with Gasteiger partial charge in [-0.05, 0) is 49.8 Å². The van der Waals surface area contributed by atoms with E-state index >= 15 is 0 Å². The van der Waals surface area contributed by atoms with Crippen LogP contribution in [-0.4, -0.2) is 49.5 Å². The molecule has 0 spiro atoms. The highest BCUT2D eigenvalue weighted by atomic mass is 79.9. The van der Waals surface area contributed by atoms with E-state index in [-0.39, 0.29) is 5.41 Å². The lowest BCUT2D eigenvalue weighted by Crippen LogP contribution is -2.43. The predicted octanol–water partition coefficient (Wildman–Crippen LogP) is 3.44. The standard InChI is InChI=1S/C21H31BrN4O/c1-3-18(26-13-5-8-19(26)27)9-12-24-20(23-2)25-15-21(10-11-21)16-6-4-7-17(22)14-16/h4,6-7,14,18H,3,5,8-13,15H2,1-2H3,(H2,23,24,25). The lowest BCUT2D eigenvalue weighted by atomic mass is 9.96. The molecule has 2 N–H and O–H groups in total. The molecule has 1 aromatic carbocycles. The van der Waals surface area contributed by atoms with Gasteiger partial charge in [0.1, 0.15) is 0 Å². The third kappa shape index (κ3) is 5.03. The molecule has 1 aliphatic carbocycles. The minimum atomic E-state index is 0.231. The first-order chi connectivity index (χ1) is 13.1. The van der Waals surface area contributed by atoms with Gasteiger partial charge in [-0.1, -0.05) is 35.0 Å². The number of carbonyl (C=O) groups is 1. The van der Waals surface area contributed by atoms with Crippen LogP contribution in [0.2, 0.25) is 0 Å². The minimum Gasteiger partial charge on any atom is -0.356 e. The summed E-state index contributed by atoms with van der Waals surface area (Å²) < 4.78 is 1.14. The Bertz CT molecular complexity index is 687. The van der Waals surface area contributed by atoms with Gasteiger partial charge in [-0.15, -0.1) is 0 Å². The highest BCUT2D eigenvalue weighted by molar-refractivity contribution is 9.10. The smallest absolute Gasteiger partial charge is 0.222 e. The van der Waals surface area contributed by atoms with Crippen LogP contribution in [0, 0.1) is 0 Å². The third-order valence-electron chi connectivity index (χ3n) is 5.90. The zero-order valence-electron chi connectivity index (χ0n) is 16.4. The average molecular weight is 435 g/mol. The molecule has 1 heterocycles. The second kappa shape index (κ2) is 9.09. The van der Waals surface area contributed by atoms with Gasteiger partial charge < -0.3 is 15.5 Å². The van der Waals surface area contributed by atoms with E-state index in [1.807, 2.05) is 7.05 Å². The molecule has 5 nitrogen and oxygen atoms in total. The van der Waals surface area contributed by atoms with Crippen molar-refractivity contribution in [3.8, 4) is 0 Å². The largest absolute Gasteiger partial charge is 0.356 e. The van der Waals surface area contributed by atoms with E-state index in [9.17, 15) is 4.79 Å². The summed E-state index contributed by atoms with van der Waals surface area (Å²) in [6, 6.07) is 8.96. The first-order valence-corrected chi connectivity index (χ1v) is 10.9.